The molecule has 0 spiro atoms. The monoisotopic (exact) mass is 212 g/mol. The molecular formula is C11H16S2. The Morgan fingerprint density at radius 3 is 2.46 bits per heavy atom. The average Bonchev–Trinajstić information content (AvgIpc) is 2.31. The molecule has 2 heteroatoms. The van der Waals surface area contributed by atoms with Crippen molar-refractivity contribution in [1.29, 1.82) is 0 Å². The van der Waals surface area contributed by atoms with Crippen LogP contribution in [0.25, 0.3) is 0 Å². The molecule has 0 bridgehead atoms. The smallest absolute Gasteiger partial charge is 0.0287 e. The highest BCUT2D eigenvalue weighted by molar-refractivity contribution is 8.03. The minimum atomic E-state index is 1.15. The summed E-state index contributed by atoms with van der Waals surface area (Å²) in [6.45, 7) is 12.6. The average molecular weight is 212 g/mol. The maximum Gasteiger partial charge on any atom is 0.0287 e. The summed E-state index contributed by atoms with van der Waals surface area (Å²) < 4.78 is 0. The summed E-state index contributed by atoms with van der Waals surface area (Å²) >= 11 is 3.72. The molecule has 0 unspecified atom stereocenters. The lowest BCUT2D eigenvalue weighted by molar-refractivity contribution is 1.13. The molecule has 0 saturated heterocycles. The molecular weight excluding hydrogens is 196 g/mol. The van der Waals surface area contributed by atoms with Crippen molar-refractivity contribution >= 4 is 23.1 Å². The largest absolute Gasteiger partial charge is 0.144 e. The lowest BCUT2D eigenvalue weighted by atomic mass is 10.2. The van der Waals surface area contributed by atoms with Crippen LogP contribution in [0.2, 0.25) is 0 Å². The summed E-state index contributed by atoms with van der Waals surface area (Å²) in [7, 11) is 0. The standard InChI is InChI=1S/C11H16S2/c1-6-10-8(4)11(9(5)13-10)12-7(2)3/h2,6H2,1,3-5H3. The molecule has 72 valence electrons. The second-order valence-electron chi connectivity index (χ2n) is 3.19. The summed E-state index contributed by atoms with van der Waals surface area (Å²) in [6, 6.07) is 0. The Hall–Kier alpha value is -0.210. The highest BCUT2D eigenvalue weighted by Gasteiger charge is 2.10. The first-order valence-corrected chi connectivity index (χ1v) is 6.11. The summed E-state index contributed by atoms with van der Waals surface area (Å²) in [5.41, 5.74) is 1.46. The van der Waals surface area contributed by atoms with E-state index in [1.807, 2.05) is 11.3 Å². The Morgan fingerprint density at radius 2 is 2.08 bits per heavy atom. The van der Waals surface area contributed by atoms with Crippen LogP contribution in [0.15, 0.2) is 16.4 Å². The maximum absolute atomic E-state index is 3.94. The van der Waals surface area contributed by atoms with E-state index in [4.69, 9.17) is 0 Å². The zero-order valence-electron chi connectivity index (χ0n) is 8.73. The van der Waals surface area contributed by atoms with Gasteiger partial charge in [-0.25, -0.2) is 0 Å². The molecule has 0 radical (unpaired) electrons. The van der Waals surface area contributed by atoms with E-state index in [0.29, 0.717) is 0 Å². The van der Waals surface area contributed by atoms with E-state index in [0.717, 1.165) is 6.42 Å². The van der Waals surface area contributed by atoms with E-state index >= 15 is 0 Å². The third-order valence-electron chi connectivity index (χ3n) is 1.95. The first-order chi connectivity index (χ1) is 6.06. The van der Waals surface area contributed by atoms with Gasteiger partial charge in [-0.2, -0.15) is 0 Å². The quantitative estimate of drug-likeness (QED) is 0.662. The van der Waals surface area contributed by atoms with E-state index < -0.39 is 0 Å². The van der Waals surface area contributed by atoms with Crippen LogP contribution >= 0.6 is 23.1 Å². The number of thiophene rings is 1. The highest BCUT2D eigenvalue weighted by Crippen LogP contribution is 2.38. The Morgan fingerprint density at radius 1 is 1.46 bits per heavy atom. The molecule has 0 aliphatic heterocycles. The van der Waals surface area contributed by atoms with Gasteiger partial charge in [0, 0.05) is 14.6 Å². The molecule has 0 aromatic carbocycles. The normalized spacial score (nSPS) is 10.5. The van der Waals surface area contributed by atoms with Crippen LogP contribution in [-0.4, -0.2) is 0 Å². The molecule has 1 rings (SSSR count). The van der Waals surface area contributed by atoms with E-state index in [9.17, 15) is 0 Å². The maximum atomic E-state index is 3.94. The number of allylic oxidation sites excluding steroid dienone is 1. The molecule has 0 nitrogen and oxygen atoms in total. The summed E-state index contributed by atoms with van der Waals surface area (Å²) in [5, 5.41) is 0. The van der Waals surface area contributed by atoms with Gasteiger partial charge in [0.25, 0.3) is 0 Å². The highest BCUT2D eigenvalue weighted by atomic mass is 32.2. The van der Waals surface area contributed by atoms with Gasteiger partial charge in [-0.05, 0) is 37.7 Å². The Labute approximate surface area is 89.1 Å². The van der Waals surface area contributed by atoms with E-state index in [2.05, 4.69) is 34.3 Å². The third kappa shape index (κ3) is 2.38. The van der Waals surface area contributed by atoms with Crippen LogP contribution in [0.3, 0.4) is 0 Å². The van der Waals surface area contributed by atoms with E-state index in [-0.39, 0.29) is 0 Å². The van der Waals surface area contributed by atoms with Gasteiger partial charge >= 0.3 is 0 Å². The number of hydrogen-bond acceptors (Lipinski definition) is 2. The molecule has 0 saturated carbocycles. The first kappa shape index (κ1) is 10.9. The van der Waals surface area contributed by atoms with Gasteiger partial charge in [0.1, 0.15) is 0 Å². The predicted molar refractivity (Wildman–Crippen MR) is 63.8 cm³/mol. The van der Waals surface area contributed by atoms with Gasteiger partial charge in [0.05, 0.1) is 0 Å². The number of aryl methyl sites for hydroxylation is 2. The summed E-state index contributed by atoms with van der Waals surface area (Å²) in [4.78, 5) is 5.55. The number of hydrogen-bond donors (Lipinski definition) is 0. The second kappa shape index (κ2) is 4.34. The van der Waals surface area contributed by atoms with Crippen molar-refractivity contribution < 1.29 is 0 Å². The minimum absolute atomic E-state index is 1.15. The summed E-state index contributed by atoms with van der Waals surface area (Å²) in [6.07, 6.45) is 1.15. The molecule has 0 amide bonds. The lowest BCUT2D eigenvalue weighted by Crippen LogP contribution is -1.79. The van der Waals surface area contributed by atoms with E-state index in [1.54, 1.807) is 11.8 Å². The van der Waals surface area contributed by atoms with Gasteiger partial charge in [-0.15, -0.1) is 11.3 Å². The molecule has 0 aliphatic rings. The van der Waals surface area contributed by atoms with Crippen LogP contribution in [0.4, 0.5) is 0 Å². The van der Waals surface area contributed by atoms with E-state index in [1.165, 1.54) is 25.1 Å². The van der Waals surface area contributed by atoms with Gasteiger partial charge in [0.2, 0.25) is 0 Å². The topological polar surface area (TPSA) is 0 Å². The fourth-order valence-corrected chi connectivity index (χ4v) is 3.46. The third-order valence-corrected chi connectivity index (χ3v) is 4.60. The van der Waals surface area contributed by atoms with Crippen molar-refractivity contribution in [3.05, 3.63) is 26.8 Å². The predicted octanol–water partition coefficient (Wildman–Crippen LogP) is 4.55. The SMILES string of the molecule is C=C(C)Sc1c(C)sc(CC)c1C. The van der Waals surface area contributed by atoms with Crippen molar-refractivity contribution in [2.45, 2.75) is 39.0 Å². The zero-order chi connectivity index (χ0) is 10.0. The fraction of sp³-hybridized carbons (Fsp3) is 0.455. The Balaban J connectivity index is 3.05. The van der Waals surface area contributed by atoms with Crippen molar-refractivity contribution in [2.75, 3.05) is 0 Å². The van der Waals surface area contributed by atoms with Gasteiger partial charge in [-0.3, -0.25) is 0 Å². The number of thioether (sulfide) groups is 1. The fourth-order valence-electron chi connectivity index (χ4n) is 1.36. The molecule has 13 heavy (non-hydrogen) atoms. The minimum Gasteiger partial charge on any atom is -0.144 e. The zero-order valence-corrected chi connectivity index (χ0v) is 10.4. The van der Waals surface area contributed by atoms with Gasteiger partial charge in [-0.1, -0.05) is 25.3 Å². The number of rotatable bonds is 3. The molecule has 0 fully saturated rings. The first-order valence-electron chi connectivity index (χ1n) is 4.48. The van der Waals surface area contributed by atoms with Crippen LogP contribution in [-0.2, 0) is 6.42 Å². The van der Waals surface area contributed by atoms with Crippen molar-refractivity contribution in [1.82, 2.24) is 0 Å². The Kier molecular flexibility index (Phi) is 3.63. The lowest BCUT2D eigenvalue weighted by Gasteiger charge is -2.01. The van der Waals surface area contributed by atoms with Crippen molar-refractivity contribution in [2.24, 2.45) is 0 Å². The molecule has 0 atom stereocenters. The molecule has 1 aromatic heterocycles. The van der Waals surface area contributed by atoms with Crippen LogP contribution in [0.5, 0.6) is 0 Å². The van der Waals surface area contributed by atoms with Crippen LogP contribution in [0.1, 0.15) is 29.2 Å². The molecule has 0 N–H and O–H groups in total. The Bertz CT molecular complexity index is 321. The molecule has 1 aromatic rings. The van der Waals surface area contributed by atoms with Gasteiger partial charge in [0.15, 0.2) is 0 Å². The summed E-state index contributed by atoms with van der Waals surface area (Å²) in [5.74, 6) is 0. The van der Waals surface area contributed by atoms with Crippen LogP contribution in [0, 0.1) is 13.8 Å². The molecule has 0 aliphatic carbocycles. The van der Waals surface area contributed by atoms with Gasteiger partial charge < -0.3 is 0 Å². The van der Waals surface area contributed by atoms with Crippen molar-refractivity contribution in [3.63, 3.8) is 0 Å². The second-order valence-corrected chi connectivity index (χ2v) is 5.81. The molecule has 1 heterocycles. The van der Waals surface area contributed by atoms with Crippen LogP contribution < -0.4 is 0 Å². The van der Waals surface area contributed by atoms with Crippen molar-refractivity contribution in [3.8, 4) is 0 Å².